The molecule has 0 atom stereocenters. The number of ketones is 1. The van der Waals surface area contributed by atoms with Gasteiger partial charge in [-0.25, -0.2) is 0 Å². The molecular weight excluding hydrogens is 316 g/mol. The normalized spacial score (nSPS) is 9.96. The van der Waals surface area contributed by atoms with Crippen molar-refractivity contribution in [1.82, 2.24) is 0 Å². The number of rotatable bonds is 7. The average molecular weight is 340 g/mol. The minimum atomic E-state index is -0.585. The second-order valence-electron chi connectivity index (χ2n) is 5.70. The highest BCUT2D eigenvalue weighted by Crippen LogP contribution is 2.19. The Bertz CT molecular complexity index is 805. The zero-order chi connectivity index (χ0) is 18.2. The molecule has 0 amide bonds. The highest BCUT2D eigenvalue weighted by molar-refractivity contribution is 5.97. The van der Waals surface area contributed by atoms with E-state index in [0.717, 1.165) is 5.56 Å². The maximum Gasteiger partial charge on any atom is 0.320 e. The van der Waals surface area contributed by atoms with Gasteiger partial charge in [-0.2, -0.15) is 0 Å². The van der Waals surface area contributed by atoms with E-state index in [1.165, 1.54) is 11.1 Å². The Kier molecular flexibility index (Phi) is 6.36. The number of terminal acetylenes is 1. The third-order valence-electron chi connectivity index (χ3n) is 3.91. The van der Waals surface area contributed by atoms with Gasteiger partial charge in [0, 0.05) is 14.8 Å². The smallest absolute Gasteiger partial charge is 0.320 e. The predicted molar refractivity (Wildman–Crippen MR) is 99.4 cm³/mol. The van der Waals surface area contributed by atoms with Crippen molar-refractivity contribution >= 4 is 11.8 Å². The van der Waals surface area contributed by atoms with Gasteiger partial charge < -0.3 is 9.47 Å². The molecule has 25 heavy (non-hydrogen) atoms. The molecular formula is C21H24O4. The molecule has 0 aliphatic rings. The van der Waals surface area contributed by atoms with Crippen molar-refractivity contribution in [2.45, 2.75) is 33.3 Å². The number of carbonyl (C=O) groups excluding carboxylic acids is 2. The summed E-state index contributed by atoms with van der Waals surface area (Å²) >= 11 is 0. The summed E-state index contributed by atoms with van der Waals surface area (Å²) in [4.78, 5) is 23.4. The van der Waals surface area contributed by atoms with E-state index in [0.29, 0.717) is 17.9 Å². The third kappa shape index (κ3) is 5.22. The highest BCUT2D eigenvalue weighted by Gasteiger charge is 2.11. The Hall–Kier alpha value is -3.06. The lowest BCUT2D eigenvalue weighted by Gasteiger charge is -2.12. The second kappa shape index (κ2) is 8.70. The summed E-state index contributed by atoms with van der Waals surface area (Å²) in [7, 11) is 0. The molecule has 0 saturated heterocycles. The number of aryl methyl sites for hydroxylation is 2. The first kappa shape index (κ1) is 18.3. The SMILES string of the molecule is C#COC(=O)CCC(=O)c1cccc(OCc2c(C)cccc2C)c1.[HH].[HH]. The van der Waals surface area contributed by atoms with Gasteiger partial charge in [-0.15, -0.1) is 0 Å². The van der Waals surface area contributed by atoms with Crippen molar-refractivity contribution in [2.75, 3.05) is 0 Å². The molecule has 0 aliphatic carbocycles. The van der Waals surface area contributed by atoms with Crippen LogP contribution in [0.1, 0.15) is 42.7 Å². The second-order valence-corrected chi connectivity index (χ2v) is 5.70. The largest absolute Gasteiger partial charge is 0.489 e. The monoisotopic (exact) mass is 340 g/mol. The summed E-state index contributed by atoms with van der Waals surface area (Å²) < 4.78 is 10.2. The molecule has 2 rings (SSSR count). The predicted octanol–water partition coefficient (Wildman–Crippen LogP) is 4.47. The quantitative estimate of drug-likeness (QED) is 0.424. The molecule has 4 nitrogen and oxygen atoms in total. The number of Topliss-reactive ketones (excluding diaryl/α,β-unsaturated/α-hetero) is 1. The van der Waals surface area contributed by atoms with Crippen molar-refractivity contribution in [1.29, 1.82) is 0 Å². The lowest BCUT2D eigenvalue weighted by molar-refractivity contribution is -0.136. The molecule has 0 N–H and O–H groups in total. The maximum absolute atomic E-state index is 12.2. The van der Waals surface area contributed by atoms with Crippen molar-refractivity contribution in [3.05, 3.63) is 64.7 Å². The number of benzene rings is 2. The fraction of sp³-hybridized carbons (Fsp3) is 0.238. The van der Waals surface area contributed by atoms with Gasteiger partial charge >= 0.3 is 5.97 Å². The van der Waals surface area contributed by atoms with Crippen molar-refractivity contribution in [2.24, 2.45) is 0 Å². The van der Waals surface area contributed by atoms with Crippen LogP contribution in [0.15, 0.2) is 42.5 Å². The Morgan fingerprint density at radius 1 is 1.08 bits per heavy atom. The molecule has 0 radical (unpaired) electrons. The van der Waals surface area contributed by atoms with Crippen LogP contribution in [-0.4, -0.2) is 11.8 Å². The Morgan fingerprint density at radius 3 is 2.44 bits per heavy atom. The number of hydrogen-bond donors (Lipinski definition) is 0. The van der Waals surface area contributed by atoms with Crippen LogP contribution in [-0.2, 0) is 16.1 Å². The topological polar surface area (TPSA) is 52.6 Å². The summed E-state index contributed by atoms with van der Waals surface area (Å²) in [5.74, 6) is -0.135. The molecule has 0 unspecified atom stereocenters. The lowest BCUT2D eigenvalue weighted by atomic mass is 10.0. The van der Waals surface area contributed by atoms with Gasteiger partial charge in [-0.3, -0.25) is 9.59 Å². The van der Waals surface area contributed by atoms with Gasteiger partial charge in [0.2, 0.25) is 0 Å². The summed E-state index contributed by atoms with van der Waals surface area (Å²) in [5.41, 5.74) is 3.96. The fourth-order valence-electron chi connectivity index (χ4n) is 2.47. The summed E-state index contributed by atoms with van der Waals surface area (Å²) in [6, 6.07) is 13.0. The average Bonchev–Trinajstić information content (AvgIpc) is 2.60. The number of ether oxygens (including phenoxy) is 2. The lowest BCUT2D eigenvalue weighted by Crippen LogP contribution is -2.06. The van der Waals surface area contributed by atoms with E-state index in [-0.39, 0.29) is 21.5 Å². The molecule has 132 valence electrons. The first-order chi connectivity index (χ1) is 12.0. The van der Waals surface area contributed by atoms with Gasteiger partial charge in [-0.1, -0.05) is 36.8 Å². The minimum Gasteiger partial charge on any atom is -0.489 e. The fourth-order valence-corrected chi connectivity index (χ4v) is 2.47. The van der Waals surface area contributed by atoms with Crippen molar-refractivity contribution < 1.29 is 21.9 Å². The first-order valence-corrected chi connectivity index (χ1v) is 7.97. The third-order valence-corrected chi connectivity index (χ3v) is 3.91. The zero-order valence-corrected chi connectivity index (χ0v) is 14.4. The molecule has 2 aromatic carbocycles. The van der Waals surface area contributed by atoms with Crippen LogP contribution in [0.2, 0.25) is 0 Å². The molecule has 0 spiro atoms. The standard InChI is InChI=1S/C21H20O4.2H2/c1-4-24-21(23)12-11-20(22)17-9-6-10-18(13-17)25-14-19-15(2)7-5-8-16(19)3;;/h1,5-10,13H,11-12,14H2,2-3H3;2*1H. The Morgan fingerprint density at radius 2 is 1.76 bits per heavy atom. The highest BCUT2D eigenvalue weighted by atomic mass is 16.5. The minimum absolute atomic E-state index is 0. The van der Waals surface area contributed by atoms with Crippen LogP contribution in [0, 0.1) is 26.4 Å². The number of esters is 1. The van der Waals surface area contributed by atoms with Gasteiger partial charge in [0.05, 0.1) is 6.42 Å². The molecule has 0 aliphatic heterocycles. The number of carbonyl (C=O) groups is 2. The van der Waals surface area contributed by atoms with Crippen LogP contribution < -0.4 is 4.74 Å². The van der Waals surface area contributed by atoms with Gasteiger partial charge in [0.25, 0.3) is 0 Å². The molecule has 0 saturated carbocycles. The number of hydrogen-bond acceptors (Lipinski definition) is 4. The van der Waals surface area contributed by atoms with E-state index in [1.54, 1.807) is 30.4 Å². The molecule has 2 aromatic rings. The van der Waals surface area contributed by atoms with Crippen molar-refractivity contribution in [3.63, 3.8) is 0 Å². The van der Waals surface area contributed by atoms with E-state index < -0.39 is 5.97 Å². The molecule has 0 aromatic heterocycles. The van der Waals surface area contributed by atoms with Crippen LogP contribution in [0.5, 0.6) is 5.75 Å². The van der Waals surface area contributed by atoms with E-state index in [1.807, 2.05) is 32.0 Å². The zero-order valence-electron chi connectivity index (χ0n) is 14.4. The summed E-state index contributed by atoms with van der Waals surface area (Å²) in [5, 5.41) is 0. The Balaban J connectivity index is 0.00000338. The van der Waals surface area contributed by atoms with E-state index in [9.17, 15) is 9.59 Å². The van der Waals surface area contributed by atoms with Crippen molar-refractivity contribution in [3.8, 4) is 18.3 Å². The molecule has 4 heteroatoms. The maximum atomic E-state index is 12.2. The van der Waals surface area contributed by atoms with E-state index in [2.05, 4.69) is 4.74 Å². The van der Waals surface area contributed by atoms with Gasteiger partial charge in [0.1, 0.15) is 18.5 Å². The van der Waals surface area contributed by atoms with Gasteiger partial charge in [0.15, 0.2) is 5.78 Å². The van der Waals surface area contributed by atoms with Crippen LogP contribution >= 0.6 is 0 Å². The van der Waals surface area contributed by atoms with Gasteiger partial charge in [-0.05, 0) is 42.7 Å². The molecule has 0 fully saturated rings. The van der Waals surface area contributed by atoms with Crippen LogP contribution in [0.25, 0.3) is 0 Å². The van der Waals surface area contributed by atoms with Crippen LogP contribution in [0.4, 0.5) is 0 Å². The van der Waals surface area contributed by atoms with E-state index in [4.69, 9.17) is 11.2 Å². The summed E-state index contributed by atoms with van der Waals surface area (Å²) in [6.07, 6.45) is 6.67. The van der Waals surface area contributed by atoms with Crippen LogP contribution in [0.3, 0.4) is 0 Å². The molecule has 0 heterocycles. The Labute approximate surface area is 150 Å². The molecule has 0 bridgehead atoms. The van der Waals surface area contributed by atoms with E-state index >= 15 is 0 Å². The summed E-state index contributed by atoms with van der Waals surface area (Å²) in [6.45, 7) is 4.52. The first-order valence-electron chi connectivity index (χ1n) is 7.97.